The van der Waals surface area contributed by atoms with Gasteiger partial charge in [0.15, 0.2) is 0 Å². The Morgan fingerprint density at radius 2 is 1.71 bits per heavy atom. The Morgan fingerprint density at radius 3 is 2.39 bits per heavy atom. The van der Waals surface area contributed by atoms with Crippen LogP contribution in [0, 0.1) is 33.7 Å². The maximum Gasteiger partial charge on any atom is 0.410 e. The first-order chi connectivity index (χ1) is 30.2. The molecule has 1 aliphatic heterocycles. The number of ether oxygens (including phenoxy) is 4. The molecule has 1 amide bonds. The quantitative estimate of drug-likeness (QED) is 0.0309. The van der Waals surface area contributed by atoms with Crippen LogP contribution in [0.15, 0.2) is 109 Å². The van der Waals surface area contributed by atoms with Gasteiger partial charge in [-0.15, -0.1) is 18.2 Å². The number of alkyl halides is 1. The predicted molar refractivity (Wildman–Crippen MR) is 233 cm³/mol. The third-order valence-electron chi connectivity index (χ3n) is 11.7. The van der Waals surface area contributed by atoms with E-state index in [0.29, 0.717) is 41.2 Å². The average Bonchev–Trinajstić information content (AvgIpc) is 3.28. The smallest absolute Gasteiger partial charge is 0.410 e. The molecule has 0 radical (unpaired) electrons. The number of amides is 1. The van der Waals surface area contributed by atoms with Crippen LogP contribution in [0.2, 0.25) is 0 Å². The number of allylic oxidation sites excluding steroid dienone is 1. The number of nitro groups is 1. The number of hydrogen-bond donors (Lipinski definition) is 2. The van der Waals surface area contributed by atoms with Crippen molar-refractivity contribution >= 4 is 29.1 Å². The van der Waals surface area contributed by atoms with Crippen molar-refractivity contribution in [3.05, 3.63) is 136 Å². The van der Waals surface area contributed by atoms with Crippen LogP contribution in [0.4, 0.5) is 14.9 Å². The Bertz CT molecular complexity index is 2070. The number of non-ortho nitro benzene ring substituents is 1. The van der Waals surface area contributed by atoms with E-state index >= 15 is 0 Å². The molecule has 3 aromatic rings. The summed E-state index contributed by atoms with van der Waals surface area (Å²) in [7, 11) is 0. The van der Waals surface area contributed by atoms with Crippen LogP contribution < -0.4 is 9.47 Å². The van der Waals surface area contributed by atoms with Crippen LogP contribution in [0.1, 0.15) is 67.6 Å². The van der Waals surface area contributed by atoms with Gasteiger partial charge in [0.1, 0.15) is 43.2 Å². The van der Waals surface area contributed by atoms with Crippen LogP contribution in [-0.4, -0.2) is 82.6 Å². The number of aliphatic hydroxyl groups excluding tert-OH is 2. The van der Waals surface area contributed by atoms with Crippen LogP contribution in [-0.2, 0) is 27.5 Å². The predicted octanol–water partition coefficient (Wildman–Crippen LogP) is 9.01. The van der Waals surface area contributed by atoms with E-state index in [1.165, 1.54) is 29.2 Å². The third-order valence-corrected chi connectivity index (χ3v) is 11.9. The highest BCUT2D eigenvalue weighted by Gasteiger charge is 2.65. The molecular formula is C47H55ClFN3O10. The summed E-state index contributed by atoms with van der Waals surface area (Å²) in [6, 6.07) is 16.6. The Balaban J connectivity index is 1.59. The Kier molecular flexibility index (Phi) is 16.5. The fourth-order valence-corrected chi connectivity index (χ4v) is 9.17. The lowest BCUT2D eigenvalue weighted by atomic mass is 9.55. The largest absolute Gasteiger partial charge is 0.490 e. The van der Waals surface area contributed by atoms with E-state index in [1.54, 1.807) is 36.4 Å². The average molecular weight is 876 g/mol. The number of hydrogen-bond acceptors (Lipinski definition) is 11. The Hall–Kier alpha value is -5.28. The monoisotopic (exact) mass is 875 g/mol. The van der Waals surface area contributed by atoms with Gasteiger partial charge in [-0.05, 0) is 96.7 Å². The second-order valence-corrected chi connectivity index (χ2v) is 16.0. The fraction of sp³-hybridized carbons (Fsp3) is 0.447. The normalized spacial score (nSPS) is 22.9. The first-order valence-electron chi connectivity index (χ1n) is 21.1. The summed E-state index contributed by atoms with van der Waals surface area (Å²) >= 11 is 6.05. The summed E-state index contributed by atoms with van der Waals surface area (Å²) in [5.74, 6) is -1.79. The molecule has 1 saturated carbocycles. The van der Waals surface area contributed by atoms with Crippen molar-refractivity contribution in [3.8, 4) is 11.5 Å². The second-order valence-electron chi connectivity index (χ2n) is 15.6. The maximum atomic E-state index is 14.5. The molecule has 15 heteroatoms. The molecule has 0 bridgehead atoms. The molecular weight excluding hydrogens is 821 g/mol. The van der Waals surface area contributed by atoms with Gasteiger partial charge in [0, 0.05) is 49.8 Å². The highest BCUT2D eigenvalue weighted by Crippen LogP contribution is 2.62. The molecule has 0 spiro atoms. The lowest BCUT2D eigenvalue weighted by Crippen LogP contribution is -2.70. The Morgan fingerprint density at radius 1 is 1.00 bits per heavy atom. The van der Waals surface area contributed by atoms with Gasteiger partial charge in [-0.2, -0.15) is 0 Å². The molecule has 62 heavy (non-hydrogen) atoms. The van der Waals surface area contributed by atoms with Crippen molar-refractivity contribution in [1.82, 2.24) is 4.90 Å². The molecule has 13 nitrogen and oxygen atoms in total. The molecule has 1 heterocycles. The van der Waals surface area contributed by atoms with E-state index in [-0.39, 0.29) is 81.9 Å². The number of rotatable bonds is 23. The van der Waals surface area contributed by atoms with Gasteiger partial charge in [0.05, 0.1) is 29.0 Å². The van der Waals surface area contributed by atoms with Gasteiger partial charge < -0.3 is 34.0 Å². The van der Waals surface area contributed by atoms with Gasteiger partial charge in [-0.25, -0.2) is 9.18 Å². The molecule has 6 atom stereocenters. The number of nitro benzene ring substituents is 1. The van der Waals surface area contributed by atoms with Crippen molar-refractivity contribution in [2.24, 2.45) is 22.9 Å². The number of nitrogens with zero attached hydrogens (tertiary/aromatic N) is 3. The zero-order valence-electron chi connectivity index (χ0n) is 34.7. The number of unbranched alkanes of at least 4 members (excludes halogenated alkanes) is 2. The first-order valence-corrected chi connectivity index (χ1v) is 21.6. The second kappa shape index (κ2) is 22.2. The van der Waals surface area contributed by atoms with E-state index in [1.807, 2.05) is 18.2 Å². The van der Waals surface area contributed by atoms with Crippen LogP contribution >= 0.6 is 11.6 Å². The summed E-state index contributed by atoms with van der Waals surface area (Å²) in [5, 5.41) is 35.9. The molecule has 6 rings (SSSR count). The summed E-state index contributed by atoms with van der Waals surface area (Å²) in [5.41, 5.74) is 3.44. The minimum Gasteiger partial charge on any atom is -0.490 e. The van der Waals surface area contributed by atoms with E-state index in [4.69, 9.17) is 40.5 Å². The molecule has 0 aromatic heterocycles. The van der Waals surface area contributed by atoms with Gasteiger partial charge >= 0.3 is 6.09 Å². The first kappa shape index (κ1) is 46.2. The molecule has 3 aromatic carbocycles. The highest BCUT2D eigenvalue weighted by atomic mass is 35.5. The van der Waals surface area contributed by atoms with E-state index < -0.39 is 34.6 Å². The summed E-state index contributed by atoms with van der Waals surface area (Å²) < 4.78 is 40.3. The lowest BCUT2D eigenvalue weighted by molar-refractivity contribution is -0.384. The number of halogens is 2. The van der Waals surface area contributed by atoms with E-state index in [0.717, 1.165) is 36.8 Å². The van der Waals surface area contributed by atoms with E-state index in [9.17, 15) is 29.5 Å². The summed E-state index contributed by atoms with van der Waals surface area (Å²) in [4.78, 5) is 33.0. The maximum absolute atomic E-state index is 14.5. The van der Waals surface area contributed by atoms with Crippen molar-refractivity contribution in [3.63, 3.8) is 0 Å². The van der Waals surface area contributed by atoms with Crippen molar-refractivity contribution in [2.45, 2.75) is 75.8 Å². The number of carbonyl (C=O) groups is 1. The van der Waals surface area contributed by atoms with Gasteiger partial charge in [-0.1, -0.05) is 54.9 Å². The third kappa shape index (κ3) is 10.7. The van der Waals surface area contributed by atoms with Crippen molar-refractivity contribution in [1.29, 1.82) is 0 Å². The summed E-state index contributed by atoms with van der Waals surface area (Å²) in [6.07, 6.45) is 9.08. The zero-order chi connectivity index (χ0) is 44.1. The number of aliphatic hydroxyl groups is 2. The standard InChI is InChI=1S/C47H55ClFN3O10/c1-3-24-58-37-19-20-42-40(28-37)44-38(10-6-8-23-54)34(9-5-7-22-53)27-39-41(50-61-31-33-13-17-36(18-14-33)52(56)57)29-43(47(62-42,45(39)44)60-25-4-2)51(46(55)59-26-21-48)30-32-11-15-35(49)16-12-32/h3-4,11-20,27-28,34,38,43-45,53-54H,1-2,5-10,21-26,29-31H2/t34-,38+,43-,44+,45+,47+/m0/s1. The van der Waals surface area contributed by atoms with Gasteiger partial charge in [0.25, 0.3) is 5.69 Å². The number of oxime groups is 1. The topological polar surface area (TPSA) is 162 Å². The van der Waals surface area contributed by atoms with E-state index in [2.05, 4.69) is 19.2 Å². The lowest BCUT2D eigenvalue weighted by Gasteiger charge is -2.59. The molecule has 0 unspecified atom stereocenters. The summed E-state index contributed by atoms with van der Waals surface area (Å²) in [6.45, 7) is 8.11. The number of fused-ring (bicyclic) bond motifs is 2. The van der Waals surface area contributed by atoms with Crippen molar-refractivity contribution in [2.75, 3.05) is 38.9 Å². The minimum absolute atomic E-state index is 0.00422. The Labute approximate surface area is 366 Å². The molecule has 2 aliphatic carbocycles. The van der Waals surface area contributed by atoms with Crippen LogP contribution in [0.3, 0.4) is 0 Å². The number of benzene rings is 3. The molecule has 3 aliphatic rings. The number of carbonyl (C=O) groups excluding carboxylic acids is 1. The fourth-order valence-electron chi connectivity index (χ4n) is 9.09. The highest BCUT2D eigenvalue weighted by molar-refractivity contribution is 6.18. The molecule has 332 valence electrons. The molecule has 2 N–H and O–H groups in total. The minimum atomic E-state index is -1.58. The van der Waals surface area contributed by atoms with Gasteiger partial charge in [-0.3, -0.25) is 15.0 Å². The molecule has 1 fully saturated rings. The zero-order valence-corrected chi connectivity index (χ0v) is 35.5. The van der Waals surface area contributed by atoms with Gasteiger partial charge in [0.2, 0.25) is 5.79 Å². The van der Waals surface area contributed by atoms with Crippen LogP contribution in [0.5, 0.6) is 11.5 Å². The van der Waals surface area contributed by atoms with Crippen LogP contribution in [0.25, 0.3) is 0 Å². The SMILES string of the molecule is C=CCOc1ccc2c(c1)[C@H]1[C@H](CCCCO)[C@@H](CCCCO)C=C3C(=NOCc4ccc([N+](=O)[O-])cc4)C[C@H](N(Cc4ccc(F)cc4)C(=O)OCCCl)[C@@](OCC=C)(O2)[C@H]31. The van der Waals surface area contributed by atoms with Crippen molar-refractivity contribution < 1.29 is 48.1 Å². The molecule has 0 saturated heterocycles.